The molecule has 6 atom stereocenters. The summed E-state index contributed by atoms with van der Waals surface area (Å²) in [6.07, 6.45) is 11.6. The lowest BCUT2D eigenvalue weighted by atomic mass is 9.55. The molecule has 1 heterocycles. The number of hydrogen-bond donors (Lipinski definition) is 2. The molecule has 0 radical (unpaired) electrons. The van der Waals surface area contributed by atoms with Crippen molar-refractivity contribution < 1.29 is 43.4 Å². The Bertz CT molecular complexity index is 2020. The molecule has 1 fully saturated rings. The zero-order chi connectivity index (χ0) is 41.2. The lowest BCUT2D eigenvalue weighted by molar-refractivity contribution is -0.384. The van der Waals surface area contributed by atoms with Gasteiger partial charge in [-0.2, -0.15) is 0 Å². The standard InChI is InChI=1S/C45H52FN3O9/c1-4-25-57-45-41(48(2)42(52)22-17-30-15-18-33(19-16-30)49(53)54)28-39(47-55-3)36-26-31(11-7-9-23-50)35(13-8-10-24-51)43(44(36)45)37-27-34(20-21-40(37)58-45)56-29-32-12-5-6-14-38(32)46/h4-6,12,14-22,26-27,31,35,41,43-44,50-51H,1,7-11,13,23-25,28-29H2,2-3H3/t31-,35+,41-,43+,44+,45+/m0/s1. The number of carbonyl (C=O) groups excluding carboxylic acids is 1. The molecule has 6 rings (SSSR count). The summed E-state index contributed by atoms with van der Waals surface area (Å²) in [4.78, 5) is 31.9. The first kappa shape index (κ1) is 42.2. The zero-order valence-electron chi connectivity index (χ0n) is 33.0. The second kappa shape index (κ2) is 19.4. The van der Waals surface area contributed by atoms with Gasteiger partial charge in [0.2, 0.25) is 11.7 Å². The number of aliphatic hydroxyl groups is 2. The van der Waals surface area contributed by atoms with E-state index in [1.54, 1.807) is 60.5 Å². The van der Waals surface area contributed by atoms with Crippen molar-refractivity contribution in [2.45, 2.75) is 69.3 Å². The van der Waals surface area contributed by atoms with Crippen molar-refractivity contribution in [2.75, 3.05) is 34.0 Å². The van der Waals surface area contributed by atoms with Crippen LogP contribution in [0.1, 0.15) is 67.6 Å². The van der Waals surface area contributed by atoms with E-state index in [1.807, 2.05) is 12.1 Å². The van der Waals surface area contributed by atoms with Crippen LogP contribution in [0.2, 0.25) is 0 Å². The van der Waals surface area contributed by atoms with Gasteiger partial charge in [-0.05, 0) is 91.1 Å². The number of rotatable bonds is 19. The number of benzene rings is 3. The summed E-state index contributed by atoms with van der Waals surface area (Å²) in [5, 5.41) is 35.4. The summed E-state index contributed by atoms with van der Waals surface area (Å²) >= 11 is 0. The van der Waals surface area contributed by atoms with Crippen LogP contribution in [-0.4, -0.2) is 77.5 Å². The number of allylic oxidation sites excluding steroid dienone is 1. The first-order chi connectivity index (χ1) is 28.1. The quantitative estimate of drug-likeness (QED) is 0.0408. The molecule has 1 aliphatic heterocycles. The van der Waals surface area contributed by atoms with E-state index in [1.165, 1.54) is 31.4 Å². The van der Waals surface area contributed by atoms with Gasteiger partial charge in [-0.15, -0.1) is 6.58 Å². The van der Waals surface area contributed by atoms with Crippen molar-refractivity contribution in [3.05, 3.63) is 130 Å². The summed E-state index contributed by atoms with van der Waals surface area (Å²) in [7, 11) is 3.18. The Hall–Kier alpha value is -5.37. The van der Waals surface area contributed by atoms with Crippen molar-refractivity contribution in [3.8, 4) is 11.5 Å². The summed E-state index contributed by atoms with van der Waals surface area (Å²) in [6, 6.07) is 17.3. The van der Waals surface area contributed by atoms with Crippen molar-refractivity contribution in [2.24, 2.45) is 22.9 Å². The number of nitro groups is 1. The molecular formula is C45H52FN3O9. The Labute approximate surface area is 338 Å². The van der Waals surface area contributed by atoms with Gasteiger partial charge in [0.15, 0.2) is 0 Å². The van der Waals surface area contributed by atoms with Crippen LogP contribution in [0.25, 0.3) is 6.08 Å². The maximum Gasteiger partial charge on any atom is 0.269 e. The molecule has 3 aromatic carbocycles. The fraction of sp³-hybridized carbons (Fsp3) is 0.422. The van der Waals surface area contributed by atoms with Crippen LogP contribution < -0.4 is 9.47 Å². The molecule has 0 aromatic heterocycles. The van der Waals surface area contributed by atoms with Crippen LogP contribution in [0.4, 0.5) is 10.1 Å². The van der Waals surface area contributed by atoms with Gasteiger partial charge in [0.25, 0.3) is 5.69 Å². The van der Waals surface area contributed by atoms with Gasteiger partial charge < -0.3 is 34.2 Å². The maximum atomic E-state index is 14.6. The summed E-state index contributed by atoms with van der Waals surface area (Å²) in [5.41, 5.74) is 3.41. The number of hydrogen-bond acceptors (Lipinski definition) is 10. The third-order valence-corrected chi connectivity index (χ3v) is 11.5. The summed E-state index contributed by atoms with van der Waals surface area (Å²) in [5.74, 6) is -1.74. The maximum absolute atomic E-state index is 14.6. The highest BCUT2D eigenvalue weighted by Gasteiger charge is 2.65. The fourth-order valence-corrected chi connectivity index (χ4v) is 8.85. The van der Waals surface area contributed by atoms with Crippen molar-refractivity contribution in [1.82, 2.24) is 4.90 Å². The molecular weight excluding hydrogens is 746 g/mol. The number of amides is 1. The molecule has 13 heteroatoms. The van der Waals surface area contributed by atoms with Crippen LogP contribution in [-0.2, 0) is 21.0 Å². The van der Waals surface area contributed by atoms with Gasteiger partial charge in [0, 0.05) is 61.9 Å². The normalized spacial score (nSPS) is 24.0. The highest BCUT2D eigenvalue weighted by atomic mass is 19.1. The molecule has 0 spiro atoms. The van der Waals surface area contributed by atoms with Crippen LogP contribution in [0.5, 0.6) is 11.5 Å². The molecule has 1 saturated carbocycles. The second-order valence-corrected chi connectivity index (χ2v) is 15.0. The number of nitro benzene ring substituents is 1. The minimum atomic E-state index is -1.43. The minimum absolute atomic E-state index is 0.0146. The number of likely N-dealkylation sites (N-methyl/N-ethyl adjacent to an activating group) is 1. The van der Waals surface area contributed by atoms with E-state index >= 15 is 0 Å². The van der Waals surface area contributed by atoms with Crippen LogP contribution >= 0.6 is 0 Å². The van der Waals surface area contributed by atoms with E-state index in [2.05, 4.69) is 17.8 Å². The van der Waals surface area contributed by atoms with Crippen LogP contribution in [0, 0.1) is 33.7 Å². The Balaban J connectivity index is 1.48. The number of fused-ring (bicyclic) bond motifs is 2. The van der Waals surface area contributed by atoms with E-state index in [4.69, 9.17) is 19.0 Å². The number of carbonyl (C=O) groups is 1. The first-order valence-corrected chi connectivity index (χ1v) is 19.8. The topological polar surface area (TPSA) is 153 Å². The van der Waals surface area contributed by atoms with Crippen molar-refractivity contribution in [3.63, 3.8) is 0 Å². The number of halogens is 1. The van der Waals surface area contributed by atoms with E-state index in [9.17, 15) is 29.5 Å². The average Bonchev–Trinajstić information content (AvgIpc) is 3.23. The average molecular weight is 798 g/mol. The molecule has 2 aliphatic carbocycles. The largest absolute Gasteiger partial charge is 0.489 e. The molecule has 58 heavy (non-hydrogen) atoms. The first-order valence-electron chi connectivity index (χ1n) is 19.8. The number of unbranched alkanes of at least 4 members (excludes halogenated alkanes) is 2. The van der Waals surface area contributed by atoms with Gasteiger partial charge in [-0.25, -0.2) is 4.39 Å². The van der Waals surface area contributed by atoms with Gasteiger partial charge in [0.1, 0.15) is 37.1 Å². The minimum Gasteiger partial charge on any atom is -0.489 e. The monoisotopic (exact) mass is 797 g/mol. The third-order valence-electron chi connectivity index (χ3n) is 11.5. The van der Waals surface area contributed by atoms with Crippen LogP contribution in [0.3, 0.4) is 0 Å². The predicted molar refractivity (Wildman–Crippen MR) is 218 cm³/mol. The molecule has 2 N–H and O–H groups in total. The number of oxime groups is 1. The van der Waals surface area contributed by atoms with Gasteiger partial charge in [0.05, 0.1) is 23.2 Å². The molecule has 0 bridgehead atoms. The number of nitrogens with zero attached hydrogens (tertiary/aromatic N) is 3. The molecule has 3 aromatic rings. The Morgan fingerprint density at radius 2 is 1.83 bits per heavy atom. The Kier molecular flexibility index (Phi) is 14.1. The van der Waals surface area contributed by atoms with Gasteiger partial charge >= 0.3 is 0 Å². The second-order valence-electron chi connectivity index (χ2n) is 15.0. The zero-order valence-corrected chi connectivity index (χ0v) is 33.0. The fourth-order valence-electron chi connectivity index (χ4n) is 8.85. The molecule has 0 saturated heterocycles. The summed E-state index contributed by atoms with van der Waals surface area (Å²) < 4.78 is 34.9. The third kappa shape index (κ3) is 9.01. The van der Waals surface area contributed by atoms with E-state index in [0.29, 0.717) is 41.2 Å². The highest BCUT2D eigenvalue weighted by Crippen LogP contribution is 2.61. The van der Waals surface area contributed by atoms with Crippen LogP contribution in [0.15, 0.2) is 102 Å². The van der Waals surface area contributed by atoms with E-state index < -0.39 is 22.7 Å². The van der Waals surface area contributed by atoms with Gasteiger partial charge in [-0.3, -0.25) is 14.9 Å². The lowest BCUT2D eigenvalue weighted by Gasteiger charge is -2.59. The summed E-state index contributed by atoms with van der Waals surface area (Å²) in [6.45, 7) is 4.22. The number of non-ortho nitro benzene ring substituents is 1. The molecule has 1 amide bonds. The van der Waals surface area contributed by atoms with Gasteiger partial charge in [-0.1, -0.05) is 48.3 Å². The highest BCUT2D eigenvalue weighted by molar-refractivity contribution is 6.03. The Morgan fingerprint density at radius 3 is 2.52 bits per heavy atom. The predicted octanol–water partition coefficient (Wildman–Crippen LogP) is 7.75. The Morgan fingerprint density at radius 1 is 1.09 bits per heavy atom. The van der Waals surface area contributed by atoms with Crippen molar-refractivity contribution >= 4 is 23.4 Å². The smallest absolute Gasteiger partial charge is 0.269 e. The molecule has 3 aliphatic rings. The SMILES string of the molecule is C=CCO[C@@]12Oc3ccc(OCc4ccccc4F)cc3[C@H]3[C@H](CCCCO)[C@@H](CCCCO)C=C(C(=NOC)C[C@@H]1N(C)C(=O)C=Cc1ccc([N+](=O)[O-])cc1)[C@H]32. The lowest BCUT2D eigenvalue weighted by Crippen LogP contribution is -2.69. The number of ether oxygens (including phenoxy) is 3. The molecule has 0 unspecified atom stereocenters. The van der Waals surface area contributed by atoms with E-state index in [0.717, 1.165) is 36.8 Å². The molecule has 308 valence electrons. The molecule has 12 nitrogen and oxygen atoms in total. The van der Waals surface area contributed by atoms with Crippen molar-refractivity contribution in [1.29, 1.82) is 0 Å². The van der Waals surface area contributed by atoms with E-state index in [-0.39, 0.29) is 68.0 Å². The number of aliphatic hydroxyl groups excluding tert-OH is 2.